The predicted octanol–water partition coefficient (Wildman–Crippen LogP) is 2.70. The first-order chi connectivity index (χ1) is 8.25. The summed E-state index contributed by atoms with van der Waals surface area (Å²) in [6.45, 7) is 4.38. The van der Waals surface area contributed by atoms with E-state index in [0.717, 1.165) is 31.7 Å². The smallest absolute Gasteiger partial charge is 0.120 e. The fraction of sp³-hybridized carbons (Fsp3) is 0.600. The van der Waals surface area contributed by atoms with Gasteiger partial charge < -0.3 is 10.1 Å². The highest BCUT2D eigenvalue weighted by Crippen LogP contribution is 2.30. The average Bonchev–Trinajstić information content (AvgIpc) is 2.76. The highest BCUT2D eigenvalue weighted by molar-refractivity contribution is 5.38. The summed E-state index contributed by atoms with van der Waals surface area (Å²) in [6.07, 6.45) is 5.98. The molecule has 1 aliphatic carbocycles. The summed E-state index contributed by atoms with van der Waals surface area (Å²) in [5.74, 6) is 1.06. The second-order valence-electron chi connectivity index (χ2n) is 5.59. The molecule has 2 aliphatic rings. The summed E-state index contributed by atoms with van der Waals surface area (Å²) in [7, 11) is 0. The molecule has 0 unspecified atom stereocenters. The van der Waals surface area contributed by atoms with Crippen LogP contribution in [-0.4, -0.2) is 18.7 Å². The van der Waals surface area contributed by atoms with E-state index in [9.17, 15) is 0 Å². The van der Waals surface area contributed by atoms with Crippen molar-refractivity contribution in [3.63, 3.8) is 0 Å². The Morgan fingerprint density at radius 3 is 2.71 bits per heavy atom. The number of fused-ring (bicyclic) bond motifs is 1. The average molecular weight is 231 g/mol. The fourth-order valence-electron chi connectivity index (χ4n) is 2.95. The van der Waals surface area contributed by atoms with E-state index in [2.05, 4.69) is 30.4 Å². The third-order valence-electron chi connectivity index (χ3n) is 4.10. The van der Waals surface area contributed by atoms with Gasteiger partial charge >= 0.3 is 0 Å². The highest BCUT2D eigenvalue weighted by Gasteiger charge is 2.28. The van der Waals surface area contributed by atoms with Crippen LogP contribution in [0.1, 0.15) is 37.3 Å². The van der Waals surface area contributed by atoms with Crippen LogP contribution in [0.25, 0.3) is 0 Å². The molecule has 1 aliphatic heterocycles. The monoisotopic (exact) mass is 231 g/mol. The summed E-state index contributed by atoms with van der Waals surface area (Å²) in [4.78, 5) is 0. The van der Waals surface area contributed by atoms with Gasteiger partial charge in [0.2, 0.25) is 0 Å². The lowest BCUT2D eigenvalue weighted by Gasteiger charge is -2.34. The molecule has 1 aromatic carbocycles. The molecule has 92 valence electrons. The SMILES string of the molecule is CC1(Oc2ccc3c(c2)CCC3)CCNCC1. The Bertz CT molecular complexity index is 407. The van der Waals surface area contributed by atoms with Crippen LogP contribution in [0.5, 0.6) is 5.75 Å². The van der Waals surface area contributed by atoms with Gasteiger partial charge in [0.05, 0.1) is 0 Å². The Morgan fingerprint density at radius 1 is 1.12 bits per heavy atom. The van der Waals surface area contributed by atoms with E-state index in [-0.39, 0.29) is 5.60 Å². The van der Waals surface area contributed by atoms with Gasteiger partial charge in [-0.1, -0.05) is 6.07 Å². The van der Waals surface area contributed by atoms with Gasteiger partial charge in [-0.15, -0.1) is 0 Å². The van der Waals surface area contributed by atoms with E-state index >= 15 is 0 Å². The largest absolute Gasteiger partial charge is 0.487 e. The van der Waals surface area contributed by atoms with Gasteiger partial charge in [0.15, 0.2) is 0 Å². The maximum atomic E-state index is 6.23. The maximum absolute atomic E-state index is 6.23. The van der Waals surface area contributed by atoms with E-state index < -0.39 is 0 Å². The molecule has 0 saturated carbocycles. The number of hydrogen-bond acceptors (Lipinski definition) is 2. The van der Waals surface area contributed by atoms with Gasteiger partial charge in [0.25, 0.3) is 0 Å². The van der Waals surface area contributed by atoms with Crippen molar-refractivity contribution in [3.05, 3.63) is 29.3 Å². The molecule has 0 radical (unpaired) electrons. The quantitative estimate of drug-likeness (QED) is 0.845. The minimum Gasteiger partial charge on any atom is -0.487 e. The third-order valence-corrected chi connectivity index (χ3v) is 4.10. The van der Waals surface area contributed by atoms with E-state index in [4.69, 9.17) is 4.74 Å². The summed E-state index contributed by atoms with van der Waals surface area (Å²) in [6, 6.07) is 6.66. The minimum atomic E-state index is 0.0259. The third kappa shape index (κ3) is 2.32. The number of aryl methyl sites for hydroxylation is 2. The Labute approximate surface area is 103 Å². The van der Waals surface area contributed by atoms with Gasteiger partial charge in [-0.25, -0.2) is 0 Å². The van der Waals surface area contributed by atoms with Crippen LogP contribution >= 0.6 is 0 Å². The standard InChI is InChI=1S/C15H21NO/c1-15(7-9-16-10-8-15)17-14-6-5-12-3-2-4-13(12)11-14/h5-6,11,16H,2-4,7-10H2,1H3. The van der Waals surface area contributed by atoms with Crippen molar-refractivity contribution in [1.82, 2.24) is 5.32 Å². The summed E-state index contributed by atoms with van der Waals surface area (Å²) in [5, 5.41) is 3.39. The fourth-order valence-corrected chi connectivity index (χ4v) is 2.95. The molecule has 3 rings (SSSR count). The van der Waals surface area contributed by atoms with Crippen molar-refractivity contribution in [2.24, 2.45) is 0 Å². The van der Waals surface area contributed by atoms with E-state index in [1.165, 1.54) is 30.4 Å². The minimum absolute atomic E-state index is 0.0259. The molecule has 0 spiro atoms. The second-order valence-corrected chi connectivity index (χ2v) is 5.59. The number of ether oxygens (including phenoxy) is 1. The van der Waals surface area contributed by atoms with Crippen molar-refractivity contribution >= 4 is 0 Å². The molecule has 2 nitrogen and oxygen atoms in total. The van der Waals surface area contributed by atoms with E-state index in [0.29, 0.717) is 0 Å². The maximum Gasteiger partial charge on any atom is 0.120 e. The number of rotatable bonds is 2. The van der Waals surface area contributed by atoms with Crippen LogP contribution in [0.2, 0.25) is 0 Å². The molecular formula is C15H21NO. The lowest BCUT2D eigenvalue weighted by Crippen LogP contribution is -2.43. The Kier molecular flexibility index (Phi) is 2.83. The highest BCUT2D eigenvalue weighted by atomic mass is 16.5. The second kappa shape index (κ2) is 4.34. The first-order valence-electron chi connectivity index (χ1n) is 6.77. The van der Waals surface area contributed by atoms with Crippen molar-refractivity contribution in [2.45, 2.75) is 44.6 Å². The summed E-state index contributed by atoms with van der Waals surface area (Å²) in [5.41, 5.74) is 3.05. The van der Waals surface area contributed by atoms with Gasteiger partial charge in [0.1, 0.15) is 11.4 Å². The van der Waals surface area contributed by atoms with Crippen LogP contribution in [0.4, 0.5) is 0 Å². The van der Waals surface area contributed by atoms with Gasteiger partial charge in [-0.05, 0) is 75.4 Å². The normalized spacial score (nSPS) is 22.2. The topological polar surface area (TPSA) is 21.3 Å². The molecule has 0 amide bonds. The van der Waals surface area contributed by atoms with E-state index in [1.807, 2.05) is 0 Å². The molecule has 2 heteroatoms. The number of nitrogens with one attached hydrogen (secondary N) is 1. The van der Waals surface area contributed by atoms with Crippen molar-refractivity contribution in [1.29, 1.82) is 0 Å². The van der Waals surface area contributed by atoms with Gasteiger partial charge in [-0.2, -0.15) is 0 Å². The molecule has 1 heterocycles. The Hall–Kier alpha value is -1.02. The van der Waals surface area contributed by atoms with Gasteiger partial charge in [0, 0.05) is 0 Å². The number of piperidine rings is 1. The molecule has 0 atom stereocenters. The molecule has 0 bridgehead atoms. The van der Waals surface area contributed by atoms with Crippen LogP contribution < -0.4 is 10.1 Å². The molecule has 1 N–H and O–H groups in total. The number of hydrogen-bond donors (Lipinski definition) is 1. The Morgan fingerprint density at radius 2 is 1.88 bits per heavy atom. The summed E-state index contributed by atoms with van der Waals surface area (Å²) < 4.78 is 6.23. The zero-order valence-corrected chi connectivity index (χ0v) is 10.6. The van der Waals surface area contributed by atoms with Crippen LogP contribution in [0.15, 0.2) is 18.2 Å². The molecule has 1 fully saturated rings. The van der Waals surface area contributed by atoms with E-state index in [1.54, 1.807) is 0 Å². The lowest BCUT2D eigenvalue weighted by atomic mass is 9.94. The zero-order valence-electron chi connectivity index (χ0n) is 10.6. The van der Waals surface area contributed by atoms with Gasteiger partial charge in [-0.3, -0.25) is 0 Å². The van der Waals surface area contributed by atoms with Crippen molar-refractivity contribution < 1.29 is 4.74 Å². The van der Waals surface area contributed by atoms with Crippen molar-refractivity contribution in [2.75, 3.05) is 13.1 Å². The molecule has 1 aromatic rings. The first kappa shape index (κ1) is 11.1. The number of benzene rings is 1. The lowest BCUT2D eigenvalue weighted by molar-refractivity contribution is 0.0555. The molecular weight excluding hydrogens is 210 g/mol. The molecule has 17 heavy (non-hydrogen) atoms. The van der Waals surface area contributed by atoms with Crippen molar-refractivity contribution in [3.8, 4) is 5.75 Å². The molecule has 1 saturated heterocycles. The molecule has 0 aromatic heterocycles. The Balaban J connectivity index is 1.76. The van der Waals surface area contributed by atoms with Crippen LogP contribution in [0.3, 0.4) is 0 Å². The first-order valence-corrected chi connectivity index (χ1v) is 6.77. The predicted molar refractivity (Wildman–Crippen MR) is 69.6 cm³/mol. The van der Waals surface area contributed by atoms with Crippen LogP contribution in [-0.2, 0) is 12.8 Å². The van der Waals surface area contributed by atoms with Crippen LogP contribution in [0, 0.1) is 0 Å². The summed E-state index contributed by atoms with van der Waals surface area (Å²) >= 11 is 0. The zero-order chi connectivity index (χ0) is 11.7.